The van der Waals surface area contributed by atoms with Gasteiger partial charge in [-0.1, -0.05) is 13.8 Å². The first-order chi connectivity index (χ1) is 5.63. The zero-order valence-electron chi connectivity index (χ0n) is 8.38. The number of hydrogen-bond acceptors (Lipinski definition) is 2. The van der Waals surface area contributed by atoms with Crippen LogP contribution in [0.4, 0.5) is 0 Å². The van der Waals surface area contributed by atoms with Gasteiger partial charge in [0.05, 0.1) is 6.20 Å². The lowest BCUT2D eigenvalue weighted by Gasteiger charge is -1.99. The second kappa shape index (κ2) is 4.70. The number of aryl methyl sites for hydroxylation is 2. The monoisotopic (exact) mass is 168 g/mol. The minimum atomic E-state index is -0.0139. The van der Waals surface area contributed by atoms with Gasteiger partial charge in [-0.05, 0) is 19.4 Å². The average Bonchev–Trinajstić information content (AvgIpc) is 2.12. The van der Waals surface area contributed by atoms with E-state index in [2.05, 4.69) is 5.10 Å². The second-order valence-corrected chi connectivity index (χ2v) is 2.38. The number of rotatable bonds is 0. The van der Waals surface area contributed by atoms with Crippen molar-refractivity contribution in [3.05, 3.63) is 27.7 Å². The van der Waals surface area contributed by atoms with Gasteiger partial charge < -0.3 is 0 Å². The van der Waals surface area contributed by atoms with Gasteiger partial charge >= 0.3 is 0 Å². The molecule has 0 N–H and O–H groups in total. The molecule has 1 rings (SSSR count). The van der Waals surface area contributed by atoms with Crippen molar-refractivity contribution in [2.24, 2.45) is 7.05 Å². The van der Waals surface area contributed by atoms with Crippen molar-refractivity contribution in [1.29, 1.82) is 0 Å². The molecule has 0 aromatic carbocycles. The van der Waals surface area contributed by atoms with Crippen molar-refractivity contribution in [2.45, 2.75) is 27.7 Å². The Morgan fingerprint density at radius 2 is 1.83 bits per heavy atom. The summed E-state index contributed by atoms with van der Waals surface area (Å²) in [4.78, 5) is 11.1. The first-order valence-electron chi connectivity index (χ1n) is 4.12. The van der Waals surface area contributed by atoms with Gasteiger partial charge in [0.1, 0.15) is 0 Å². The Hall–Kier alpha value is -1.12. The SMILES string of the molecule is CC.Cc1cnn(C)c(=O)c1C. The lowest BCUT2D eigenvalue weighted by atomic mass is 10.2. The van der Waals surface area contributed by atoms with Gasteiger partial charge in [0.2, 0.25) is 0 Å². The molecule has 0 aliphatic heterocycles. The largest absolute Gasteiger partial charge is 0.269 e. The summed E-state index contributed by atoms with van der Waals surface area (Å²) in [7, 11) is 1.65. The molecule has 0 saturated heterocycles. The van der Waals surface area contributed by atoms with E-state index in [-0.39, 0.29) is 5.56 Å². The highest BCUT2D eigenvalue weighted by molar-refractivity contribution is 5.16. The van der Waals surface area contributed by atoms with Gasteiger partial charge in [-0.3, -0.25) is 4.79 Å². The maximum absolute atomic E-state index is 11.1. The Bertz CT molecular complexity index is 302. The molecule has 1 heterocycles. The predicted molar refractivity (Wildman–Crippen MR) is 50.3 cm³/mol. The van der Waals surface area contributed by atoms with Crippen LogP contribution in [0.1, 0.15) is 25.0 Å². The second-order valence-electron chi connectivity index (χ2n) is 2.38. The van der Waals surface area contributed by atoms with E-state index in [0.29, 0.717) is 0 Å². The van der Waals surface area contributed by atoms with E-state index in [9.17, 15) is 4.79 Å². The summed E-state index contributed by atoms with van der Waals surface area (Å²) in [6.45, 7) is 7.68. The molecule has 0 unspecified atom stereocenters. The van der Waals surface area contributed by atoms with Crippen LogP contribution in [0.2, 0.25) is 0 Å². The quantitative estimate of drug-likeness (QED) is 0.587. The van der Waals surface area contributed by atoms with Crippen LogP contribution in [0.3, 0.4) is 0 Å². The molecule has 0 spiro atoms. The molecular formula is C9H16N2O. The molecule has 0 aliphatic carbocycles. The van der Waals surface area contributed by atoms with E-state index in [1.165, 1.54) is 4.68 Å². The lowest BCUT2D eigenvalue weighted by Crippen LogP contribution is -2.22. The Morgan fingerprint density at radius 3 is 2.25 bits per heavy atom. The molecule has 68 valence electrons. The van der Waals surface area contributed by atoms with Gasteiger partial charge in [0.25, 0.3) is 5.56 Å². The molecule has 0 atom stereocenters. The molecule has 0 saturated carbocycles. The molecule has 0 amide bonds. The van der Waals surface area contributed by atoms with E-state index in [0.717, 1.165) is 11.1 Å². The van der Waals surface area contributed by atoms with Gasteiger partial charge in [0.15, 0.2) is 0 Å². The number of aromatic nitrogens is 2. The third-order valence-electron chi connectivity index (χ3n) is 1.63. The first kappa shape index (κ1) is 10.9. The van der Waals surface area contributed by atoms with Gasteiger partial charge in [-0.15, -0.1) is 0 Å². The summed E-state index contributed by atoms with van der Waals surface area (Å²) in [6, 6.07) is 0. The van der Waals surface area contributed by atoms with Crippen molar-refractivity contribution in [1.82, 2.24) is 9.78 Å². The van der Waals surface area contributed by atoms with Gasteiger partial charge in [0, 0.05) is 12.6 Å². The van der Waals surface area contributed by atoms with Crippen molar-refractivity contribution in [3.63, 3.8) is 0 Å². The van der Waals surface area contributed by atoms with E-state index in [1.807, 2.05) is 20.8 Å². The zero-order valence-corrected chi connectivity index (χ0v) is 8.38. The number of hydrogen-bond donors (Lipinski definition) is 0. The minimum Gasteiger partial charge on any atom is -0.268 e. The van der Waals surface area contributed by atoms with E-state index in [1.54, 1.807) is 20.2 Å². The normalized spacial score (nSPS) is 8.75. The fourth-order valence-electron chi connectivity index (χ4n) is 0.734. The zero-order chi connectivity index (χ0) is 9.72. The maximum Gasteiger partial charge on any atom is 0.269 e. The Labute approximate surface area is 73.0 Å². The molecule has 3 heteroatoms. The standard InChI is InChI=1S/C7H10N2O.C2H6/c1-5-4-8-9(3)7(10)6(5)2;1-2/h4H,1-3H3;1-2H3. The molecule has 12 heavy (non-hydrogen) atoms. The van der Waals surface area contributed by atoms with E-state index < -0.39 is 0 Å². The number of nitrogens with zero attached hydrogens (tertiary/aromatic N) is 2. The van der Waals surface area contributed by atoms with Crippen molar-refractivity contribution < 1.29 is 0 Å². The summed E-state index contributed by atoms with van der Waals surface area (Å²) in [5.74, 6) is 0. The Kier molecular flexibility index (Phi) is 4.26. The van der Waals surface area contributed by atoms with Crippen LogP contribution in [-0.4, -0.2) is 9.78 Å². The van der Waals surface area contributed by atoms with Crippen molar-refractivity contribution >= 4 is 0 Å². The Balaban J connectivity index is 0.000000561. The van der Waals surface area contributed by atoms with Gasteiger partial charge in [-0.25, -0.2) is 4.68 Å². The van der Waals surface area contributed by atoms with Crippen LogP contribution in [-0.2, 0) is 7.05 Å². The van der Waals surface area contributed by atoms with Crippen molar-refractivity contribution in [2.75, 3.05) is 0 Å². The summed E-state index contributed by atoms with van der Waals surface area (Å²) < 4.78 is 1.34. The summed E-state index contributed by atoms with van der Waals surface area (Å²) in [5, 5.41) is 3.84. The van der Waals surface area contributed by atoms with E-state index >= 15 is 0 Å². The highest BCUT2D eigenvalue weighted by Crippen LogP contribution is 1.94. The molecular weight excluding hydrogens is 152 g/mol. The van der Waals surface area contributed by atoms with Crippen LogP contribution in [0.25, 0.3) is 0 Å². The minimum absolute atomic E-state index is 0.0139. The fourth-order valence-corrected chi connectivity index (χ4v) is 0.734. The average molecular weight is 168 g/mol. The molecule has 3 nitrogen and oxygen atoms in total. The summed E-state index contributed by atoms with van der Waals surface area (Å²) in [6.07, 6.45) is 1.69. The summed E-state index contributed by atoms with van der Waals surface area (Å²) in [5.41, 5.74) is 1.71. The van der Waals surface area contributed by atoms with Crippen LogP contribution >= 0.6 is 0 Å². The molecule has 0 aliphatic rings. The maximum atomic E-state index is 11.1. The topological polar surface area (TPSA) is 34.9 Å². The highest BCUT2D eigenvalue weighted by atomic mass is 16.1. The summed E-state index contributed by atoms with van der Waals surface area (Å²) >= 11 is 0. The lowest BCUT2D eigenvalue weighted by molar-refractivity contribution is 0.695. The Morgan fingerprint density at radius 1 is 1.33 bits per heavy atom. The molecule has 0 bridgehead atoms. The van der Waals surface area contributed by atoms with Crippen LogP contribution in [0, 0.1) is 13.8 Å². The molecule has 1 aromatic heterocycles. The fraction of sp³-hybridized carbons (Fsp3) is 0.556. The third kappa shape index (κ3) is 2.19. The third-order valence-corrected chi connectivity index (χ3v) is 1.63. The van der Waals surface area contributed by atoms with Crippen LogP contribution < -0.4 is 5.56 Å². The molecule has 0 fully saturated rings. The van der Waals surface area contributed by atoms with Crippen LogP contribution in [0.15, 0.2) is 11.0 Å². The molecule has 0 radical (unpaired) electrons. The van der Waals surface area contributed by atoms with E-state index in [4.69, 9.17) is 0 Å². The first-order valence-corrected chi connectivity index (χ1v) is 4.12. The molecule has 1 aromatic rings. The predicted octanol–water partition coefficient (Wildman–Crippen LogP) is 1.42. The van der Waals surface area contributed by atoms with Crippen LogP contribution in [0.5, 0.6) is 0 Å². The van der Waals surface area contributed by atoms with Gasteiger partial charge in [-0.2, -0.15) is 5.10 Å². The smallest absolute Gasteiger partial charge is 0.268 e. The van der Waals surface area contributed by atoms with Crippen molar-refractivity contribution in [3.8, 4) is 0 Å². The highest BCUT2D eigenvalue weighted by Gasteiger charge is 1.98.